The minimum Gasteiger partial charge on any atom is -0.387 e. The van der Waals surface area contributed by atoms with Crippen molar-refractivity contribution in [2.75, 3.05) is 13.6 Å². The van der Waals surface area contributed by atoms with Crippen LogP contribution in [0.2, 0.25) is 0 Å². The first-order valence-electron chi connectivity index (χ1n) is 7.58. The van der Waals surface area contributed by atoms with Gasteiger partial charge in [0.15, 0.2) is 0 Å². The summed E-state index contributed by atoms with van der Waals surface area (Å²) < 4.78 is 1.87. The third-order valence-corrected chi connectivity index (χ3v) is 4.20. The number of aryl methyl sites for hydroxylation is 1. The SMILES string of the molecule is CC[C@@](O)(Cn1nncc1CCCCNC)C(C)(C)C. The fourth-order valence-corrected chi connectivity index (χ4v) is 2.34. The van der Waals surface area contributed by atoms with Crippen LogP contribution in [-0.2, 0) is 13.0 Å². The Morgan fingerprint density at radius 3 is 2.55 bits per heavy atom. The van der Waals surface area contributed by atoms with Gasteiger partial charge in [0.25, 0.3) is 0 Å². The van der Waals surface area contributed by atoms with Crippen LogP contribution in [0.4, 0.5) is 0 Å². The van der Waals surface area contributed by atoms with Crippen LogP contribution in [0.1, 0.15) is 52.7 Å². The van der Waals surface area contributed by atoms with E-state index in [0.29, 0.717) is 13.0 Å². The lowest BCUT2D eigenvalue weighted by atomic mass is 9.74. The molecule has 1 aromatic rings. The summed E-state index contributed by atoms with van der Waals surface area (Å²) in [6, 6.07) is 0. The summed E-state index contributed by atoms with van der Waals surface area (Å²) >= 11 is 0. The number of hydrogen-bond donors (Lipinski definition) is 2. The highest BCUT2D eigenvalue weighted by Gasteiger charge is 2.39. The van der Waals surface area contributed by atoms with Crippen LogP contribution in [0.3, 0.4) is 0 Å². The summed E-state index contributed by atoms with van der Waals surface area (Å²) in [5.41, 5.74) is 0.162. The zero-order chi connectivity index (χ0) is 15.2. The molecular formula is C15H30N4O. The van der Waals surface area contributed by atoms with E-state index in [1.54, 1.807) is 0 Å². The second-order valence-corrected chi connectivity index (χ2v) is 6.58. The van der Waals surface area contributed by atoms with E-state index >= 15 is 0 Å². The zero-order valence-electron chi connectivity index (χ0n) is 13.6. The first-order chi connectivity index (χ1) is 9.34. The topological polar surface area (TPSA) is 63.0 Å². The Bertz CT molecular complexity index is 397. The van der Waals surface area contributed by atoms with Crippen LogP contribution in [-0.4, -0.2) is 39.3 Å². The van der Waals surface area contributed by atoms with Crippen LogP contribution >= 0.6 is 0 Å². The standard InChI is InChI=1S/C15H30N4O/c1-6-15(20,14(2,3)4)12-19-13(11-17-18-19)9-7-8-10-16-5/h11,16,20H,6-10,12H2,1-5H3/t15-/m1/s1. The number of unbranched alkanes of at least 4 members (excludes halogenated alkanes) is 1. The van der Waals surface area contributed by atoms with Gasteiger partial charge >= 0.3 is 0 Å². The molecule has 0 aliphatic carbocycles. The summed E-state index contributed by atoms with van der Waals surface area (Å²) in [4.78, 5) is 0. The molecule has 0 spiro atoms. The molecule has 2 N–H and O–H groups in total. The van der Waals surface area contributed by atoms with Crippen molar-refractivity contribution in [2.45, 2.75) is 65.5 Å². The smallest absolute Gasteiger partial charge is 0.0888 e. The first kappa shape index (κ1) is 17.1. The predicted octanol–water partition coefficient (Wildman–Crippen LogP) is 2.01. The summed E-state index contributed by atoms with van der Waals surface area (Å²) in [6.45, 7) is 9.77. The van der Waals surface area contributed by atoms with Gasteiger partial charge in [0.05, 0.1) is 24.0 Å². The van der Waals surface area contributed by atoms with E-state index in [4.69, 9.17) is 0 Å². The fraction of sp³-hybridized carbons (Fsp3) is 0.867. The lowest BCUT2D eigenvalue weighted by Crippen LogP contribution is -2.46. The molecule has 5 heteroatoms. The van der Waals surface area contributed by atoms with Crippen molar-refractivity contribution in [3.05, 3.63) is 11.9 Å². The zero-order valence-corrected chi connectivity index (χ0v) is 13.6. The molecule has 1 rings (SSSR count). The van der Waals surface area contributed by atoms with Gasteiger partial charge in [0, 0.05) is 0 Å². The highest BCUT2D eigenvalue weighted by Crippen LogP contribution is 2.34. The third kappa shape index (κ3) is 4.28. The Hall–Kier alpha value is -0.940. The maximum atomic E-state index is 10.9. The van der Waals surface area contributed by atoms with Gasteiger partial charge in [-0.3, -0.25) is 0 Å². The summed E-state index contributed by atoms with van der Waals surface area (Å²) in [7, 11) is 1.97. The van der Waals surface area contributed by atoms with Crippen LogP contribution in [0.15, 0.2) is 6.20 Å². The highest BCUT2D eigenvalue weighted by molar-refractivity contribution is 4.98. The van der Waals surface area contributed by atoms with Gasteiger partial charge in [-0.15, -0.1) is 5.10 Å². The van der Waals surface area contributed by atoms with Crippen molar-refractivity contribution < 1.29 is 5.11 Å². The molecular weight excluding hydrogens is 252 g/mol. The molecule has 0 saturated heterocycles. The van der Waals surface area contributed by atoms with Gasteiger partial charge in [0.1, 0.15) is 0 Å². The lowest BCUT2D eigenvalue weighted by Gasteiger charge is -2.39. The molecule has 0 aliphatic heterocycles. The monoisotopic (exact) mass is 282 g/mol. The molecule has 0 unspecified atom stereocenters. The Kier molecular flexibility index (Phi) is 6.14. The molecule has 0 radical (unpaired) electrons. The molecule has 0 aliphatic rings. The average molecular weight is 282 g/mol. The minimum atomic E-state index is -0.763. The van der Waals surface area contributed by atoms with Crippen LogP contribution in [0.5, 0.6) is 0 Å². The molecule has 0 fully saturated rings. The van der Waals surface area contributed by atoms with E-state index in [-0.39, 0.29) is 5.41 Å². The van der Waals surface area contributed by atoms with Gasteiger partial charge in [0.2, 0.25) is 0 Å². The Morgan fingerprint density at radius 2 is 2.00 bits per heavy atom. The molecule has 20 heavy (non-hydrogen) atoms. The number of nitrogens with zero attached hydrogens (tertiary/aromatic N) is 3. The van der Waals surface area contributed by atoms with E-state index in [2.05, 4.69) is 36.4 Å². The Balaban J connectivity index is 2.70. The summed E-state index contributed by atoms with van der Waals surface area (Å²) in [6.07, 6.45) is 5.72. The molecule has 0 bridgehead atoms. The van der Waals surface area contributed by atoms with Gasteiger partial charge in [-0.05, 0) is 44.7 Å². The number of rotatable bonds is 8. The molecule has 1 heterocycles. The van der Waals surface area contributed by atoms with Gasteiger partial charge in [-0.1, -0.05) is 32.9 Å². The molecule has 0 amide bonds. The second-order valence-electron chi connectivity index (χ2n) is 6.58. The van der Waals surface area contributed by atoms with Gasteiger partial charge in [-0.2, -0.15) is 0 Å². The van der Waals surface area contributed by atoms with E-state index in [9.17, 15) is 5.11 Å². The van der Waals surface area contributed by atoms with E-state index < -0.39 is 5.60 Å². The number of aliphatic hydroxyl groups is 1. The quantitative estimate of drug-likeness (QED) is 0.716. The maximum Gasteiger partial charge on any atom is 0.0888 e. The van der Waals surface area contributed by atoms with Gasteiger partial charge < -0.3 is 10.4 Å². The summed E-state index contributed by atoms with van der Waals surface area (Å²) in [5.74, 6) is 0. The van der Waals surface area contributed by atoms with Crippen molar-refractivity contribution in [1.82, 2.24) is 20.3 Å². The first-order valence-corrected chi connectivity index (χ1v) is 7.58. The number of nitrogens with one attached hydrogen (secondary N) is 1. The molecule has 0 aromatic carbocycles. The predicted molar refractivity (Wildman–Crippen MR) is 81.6 cm³/mol. The van der Waals surface area contributed by atoms with E-state index in [0.717, 1.165) is 31.5 Å². The van der Waals surface area contributed by atoms with E-state index in [1.165, 1.54) is 0 Å². The normalized spacial score (nSPS) is 15.3. The lowest BCUT2D eigenvalue weighted by molar-refractivity contribution is -0.0770. The highest BCUT2D eigenvalue weighted by atomic mass is 16.3. The van der Waals surface area contributed by atoms with Crippen LogP contribution in [0.25, 0.3) is 0 Å². The van der Waals surface area contributed by atoms with Crippen molar-refractivity contribution >= 4 is 0 Å². The van der Waals surface area contributed by atoms with Crippen molar-refractivity contribution in [3.63, 3.8) is 0 Å². The van der Waals surface area contributed by atoms with Crippen LogP contribution < -0.4 is 5.32 Å². The van der Waals surface area contributed by atoms with Crippen molar-refractivity contribution in [1.29, 1.82) is 0 Å². The number of aromatic nitrogens is 3. The number of hydrogen-bond acceptors (Lipinski definition) is 4. The van der Waals surface area contributed by atoms with Crippen LogP contribution in [0, 0.1) is 5.41 Å². The molecule has 1 aromatic heterocycles. The third-order valence-electron chi connectivity index (χ3n) is 4.20. The Labute approximate surface area is 122 Å². The average Bonchev–Trinajstić information content (AvgIpc) is 2.80. The van der Waals surface area contributed by atoms with Crippen molar-refractivity contribution in [3.8, 4) is 0 Å². The molecule has 5 nitrogen and oxygen atoms in total. The molecule has 1 atom stereocenters. The van der Waals surface area contributed by atoms with Crippen molar-refractivity contribution in [2.24, 2.45) is 5.41 Å². The van der Waals surface area contributed by atoms with Gasteiger partial charge in [-0.25, -0.2) is 4.68 Å². The largest absolute Gasteiger partial charge is 0.387 e. The summed E-state index contributed by atoms with van der Waals surface area (Å²) in [5, 5.41) is 22.2. The molecule has 116 valence electrons. The Morgan fingerprint density at radius 1 is 1.30 bits per heavy atom. The fourth-order valence-electron chi connectivity index (χ4n) is 2.34. The maximum absolute atomic E-state index is 10.9. The second kappa shape index (κ2) is 7.18. The minimum absolute atomic E-state index is 0.183. The molecule has 0 saturated carbocycles. The van der Waals surface area contributed by atoms with E-state index in [1.807, 2.05) is 24.9 Å².